The maximum Gasteiger partial charge on any atom is 0.416 e. The molecule has 1 heterocycles. The highest BCUT2D eigenvalue weighted by Gasteiger charge is 2.62. The molecule has 2 fully saturated rings. The van der Waals surface area contributed by atoms with Crippen molar-refractivity contribution in [2.75, 3.05) is 11.4 Å². The van der Waals surface area contributed by atoms with E-state index in [9.17, 15) is 32.3 Å². The molecule has 1 saturated heterocycles. The minimum atomic E-state index is -4.48. The second kappa shape index (κ2) is 8.08. The van der Waals surface area contributed by atoms with E-state index in [1.165, 1.54) is 29.2 Å². The molecule has 2 aromatic carbocycles. The molecule has 1 aliphatic heterocycles. The smallest absolute Gasteiger partial charge is 0.390 e. The predicted molar refractivity (Wildman–Crippen MR) is 117 cm³/mol. The molecular formula is C25H26F4N2O3. The number of anilines is 1. The number of amides is 2. The molecule has 2 amide bonds. The molecule has 0 unspecified atom stereocenters. The van der Waals surface area contributed by atoms with Crippen LogP contribution in [-0.4, -0.2) is 39.5 Å². The predicted octanol–water partition coefficient (Wildman–Crippen LogP) is 4.45. The van der Waals surface area contributed by atoms with Crippen molar-refractivity contribution in [3.8, 4) is 0 Å². The lowest BCUT2D eigenvalue weighted by molar-refractivity contribution is -0.171. The zero-order valence-electron chi connectivity index (χ0n) is 19.1. The highest BCUT2D eigenvalue weighted by atomic mass is 19.4. The van der Waals surface area contributed by atoms with E-state index in [0.717, 1.165) is 17.0 Å². The van der Waals surface area contributed by atoms with Crippen LogP contribution in [0.15, 0.2) is 42.5 Å². The van der Waals surface area contributed by atoms with E-state index in [-0.39, 0.29) is 37.5 Å². The van der Waals surface area contributed by atoms with Crippen molar-refractivity contribution in [3.63, 3.8) is 0 Å². The van der Waals surface area contributed by atoms with E-state index in [1.54, 1.807) is 26.8 Å². The van der Waals surface area contributed by atoms with Crippen LogP contribution in [0.2, 0.25) is 0 Å². The molecular weight excluding hydrogens is 452 g/mol. The minimum absolute atomic E-state index is 0.00390. The molecule has 1 saturated carbocycles. The first-order chi connectivity index (χ1) is 15.7. The summed E-state index contributed by atoms with van der Waals surface area (Å²) < 4.78 is 53.5. The fourth-order valence-corrected chi connectivity index (χ4v) is 4.79. The largest absolute Gasteiger partial charge is 0.416 e. The monoisotopic (exact) mass is 478 g/mol. The van der Waals surface area contributed by atoms with Gasteiger partial charge in [0.25, 0.3) is 5.91 Å². The first-order valence-corrected chi connectivity index (χ1v) is 11.0. The zero-order valence-corrected chi connectivity index (χ0v) is 19.1. The molecule has 1 spiro atoms. The Morgan fingerprint density at radius 2 is 1.68 bits per heavy atom. The number of hydrogen-bond acceptors (Lipinski definition) is 3. The summed E-state index contributed by atoms with van der Waals surface area (Å²) in [5.74, 6) is -1.79. The lowest BCUT2D eigenvalue weighted by Crippen LogP contribution is -2.74. The van der Waals surface area contributed by atoms with Gasteiger partial charge in [-0.3, -0.25) is 14.5 Å². The van der Waals surface area contributed by atoms with Gasteiger partial charge < -0.3 is 10.0 Å². The van der Waals surface area contributed by atoms with Crippen molar-refractivity contribution in [1.29, 1.82) is 0 Å². The van der Waals surface area contributed by atoms with E-state index in [4.69, 9.17) is 0 Å². The number of halogens is 4. The average Bonchev–Trinajstić information content (AvgIpc) is 2.68. The molecule has 4 rings (SSSR count). The van der Waals surface area contributed by atoms with Crippen molar-refractivity contribution in [1.82, 2.24) is 4.90 Å². The van der Waals surface area contributed by atoms with Crippen molar-refractivity contribution in [2.45, 2.75) is 57.5 Å². The molecule has 9 heteroatoms. The van der Waals surface area contributed by atoms with Gasteiger partial charge in [0.1, 0.15) is 17.9 Å². The molecule has 0 atom stereocenters. The quantitative estimate of drug-likeness (QED) is 0.661. The second-order valence-corrected chi connectivity index (χ2v) is 9.81. The van der Waals surface area contributed by atoms with Gasteiger partial charge in [-0.25, -0.2) is 4.39 Å². The van der Waals surface area contributed by atoms with Crippen LogP contribution >= 0.6 is 0 Å². The fraction of sp³-hybridized carbons (Fsp3) is 0.440. The summed E-state index contributed by atoms with van der Waals surface area (Å²) in [6.45, 7) is 4.51. The number of nitrogens with zero attached hydrogens (tertiary/aromatic N) is 2. The highest BCUT2D eigenvalue weighted by Crippen LogP contribution is 2.51. The fourth-order valence-electron chi connectivity index (χ4n) is 4.79. The topological polar surface area (TPSA) is 60.9 Å². The summed E-state index contributed by atoms with van der Waals surface area (Å²) in [6.07, 6.45) is -4.14. The molecule has 1 N–H and O–H groups in total. The average molecular weight is 478 g/mol. The number of aliphatic hydroxyl groups is 1. The first-order valence-electron chi connectivity index (χ1n) is 11.0. The van der Waals surface area contributed by atoms with Gasteiger partial charge in [-0.2, -0.15) is 13.2 Å². The third-order valence-corrected chi connectivity index (χ3v) is 6.94. The number of rotatable bonds is 4. The number of aryl methyl sites for hydroxylation is 1. The van der Waals surface area contributed by atoms with Crippen LogP contribution in [0.3, 0.4) is 0 Å². The van der Waals surface area contributed by atoms with Crippen LogP contribution in [0.25, 0.3) is 0 Å². The lowest BCUT2D eigenvalue weighted by atomic mass is 9.60. The van der Waals surface area contributed by atoms with Gasteiger partial charge >= 0.3 is 6.18 Å². The number of carbonyl (C=O) groups excluding carboxylic acids is 2. The molecule has 2 aromatic rings. The number of piperazine rings is 1. The van der Waals surface area contributed by atoms with Gasteiger partial charge in [-0.15, -0.1) is 0 Å². The Kier molecular flexibility index (Phi) is 5.75. The number of alkyl halides is 3. The maximum atomic E-state index is 14.7. The Balaban J connectivity index is 1.68. The second-order valence-electron chi connectivity index (χ2n) is 9.81. The Labute approximate surface area is 195 Å². The SMILES string of the molecule is Cc1ccc(N2CC(=O)N(Cc3ccc(C(F)(F)F)cc3)C3(CC(C(C)(C)O)C3)C2=O)c(F)c1. The number of carbonyl (C=O) groups is 2. The highest BCUT2D eigenvalue weighted by molar-refractivity contribution is 6.09. The number of benzene rings is 2. The molecule has 2 aliphatic rings. The Bertz CT molecular complexity index is 1120. The maximum absolute atomic E-state index is 14.7. The molecule has 0 radical (unpaired) electrons. The van der Waals surface area contributed by atoms with Crippen LogP contribution in [0, 0.1) is 18.7 Å². The number of hydrogen-bond donors (Lipinski definition) is 1. The third-order valence-electron chi connectivity index (χ3n) is 6.94. The van der Waals surface area contributed by atoms with Crippen molar-refractivity contribution in [2.24, 2.45) is 5.92 Å². The van der Waals surface area contributed by atoms with Crippen LogP contribution in [0.5, 0.6) is 0 Å². The summed E-state index contributed by atoms with van der Waals surface area (Å²) in [5, 5.41) is 10.4. The summed E-state index contributed by atoms with van der Waals surface area (Å²) in [6, 6.07) is 8.84. The third kappa shape index (κ3) is 4.17. The van der Waals surface area contributed by atoms with Gasteiger partial charge in [0.05, 0.1) is 16.9 Å². The van der Waals surface area contributed by atoms with Gasteiger partial charge in [-0.1, -0.05) is 18.2 Å². The van der Waals surface area contributed by atoms with Gasteiger partial charge in [0, 0.05) is 6.54 Å². The zero-order chi connectivity index (χ0) is 25.1. The van der Waals surface area contributed by atoms with Gasteiger partial charge in [0.2, 0.25) is 5.91 Å². The van der Waals surface area contributed by atoms with E-state index in [0.29, 0.717) is 11.1 Å². The minimum Gasteiger partial charge on any atom is -0.390 e. The lowest BCUT2D eigenvalue weighted by Gasteiger charge is -2.59. The Morgan fingerprint density at radius 3 is 2.21 bits per heavy atom. The normalized spacial score (nSPS) is 23.5. The van der Waals surface area contributed by atoms with Crippen LogP contribution in [0.1, 0.15) is 43.4 Å². The van der Waals surface area contributed by atoms with Crippen molar-refractivity contribution < 1.29 is 32.3 Å². The summed E-state index contributed by atoms with van der Waals surface area (Å²) in [7, 11) is 0. The van der Waals surface area contributed by atoms with E-state index >= 15 is 0 Å². The van der Waals surface area contributed by atoms with E-state index < -0.39 is 40.5 Å². The van der Waals surface area contributed by atoms with Crippen LogP contribution in [-0.2, 0) is 22.3 Å². The molecule has 1 aliphatic carbocycles. The Morgan fingerprint density at radius 1 is 1.06 bits per heavy atom. The van der Waals surface area contributed by atoms with Gasteiger partial charge in [-0.05, 0) is 74.9 Å². The Hall–Kier alpha value is -2.94. The summed E-state index contributed by atoms with van der Waals surface area (Å²) in [5.41, 5.74) is -2.09. The molecule has 5 nitrogen and oxygen atoms in total. The molecule has 0 aromatic heterocycles. The molecule has 182 valence electrons. The summed E-state index contributed by atoms with van der Waals surface area (Å²) in [4.78, 5) is 29.5. The van der Waals surface area contributed by atoms with Crippen molar-refractivity contribution in [3.05, 3.63) is 65.0 Å². The summed E-state index contributed by atoms with van der Waals surface area (Å²) >= 11 is 0. The standard InChI is InChI=1S/C25H26F4N2O3/c1-15-4-9-20(19(26)10-15)30-14-21(32)31(13-16-5-7-17(8-6-16)25(27,28)29)24(22(30)33)11-18(12-24)23(2,3)34/h4-10,18,34H,11-14H2,1-3H3. The van der Waals surface area contributed by atoms with Gasteiger partial charge in [0.15, 0.2) is 0 Å². The van der Waals surface area contributed by atoms with Crippen LogP contribution in [0.4, 0.5) is 23.2 Å². The van der Waals surface area contributed by atoms with E-state index in [2.05, 4.69) is 0 Å². The van der Waals surface area contributed by atoms with E-state index in [1.807, 2.05) is 0 Å². The van der Waals surface area contributed by atoms with Crippen LogP contribution < -0.4 is 4.90 Å². The molecule has 0 bridgehead atoms. The molecule has 34 heavy (non-hydrogen) atoms. The van der Waals surface area contributed by atoms with Crippen molar-refractivity contribution >= 4 is 17.5 Å². The first kappa shape index (κ1) is 24.2.